The molecule has 14 nitrogen and oxygen atoms in total. The number of benzene rings is 6. The van der Waals surface area contributed by atoms with E-state index < -0.39 is 127 Å². The molecule has 0 N–H and O–H groups in total. The van der Waals surface area contributed by atoms with Crippen molar-refractivity contribution in [1.29, 1.82) is 0 Å². The first-order chi connectivity index (χ1) is 46.4. The zero-order chi connectivity index (χ0) is 78.0. The minimum Gasteiger partial charge on any atom is -1.00 e. The second-order valence-electron chi connectivity index (χ2n) is 26.9. The van der Waals surface area contributed by atoms with E-state index in [1.165, 1.54) is 69.6 Å². The van der Waals surface area contributed by atoms with Gasteiger partial charge in [-0.2, -0.15) is 52.7 Å². The SMILES string of the molecule is CCCC[Si](C)(C)O[Si](C)(C)O[Si](C)(C)CC[P+](c1ccccc1)(c1ccccc1)c1ccccc1.CCCC[Si](C)(C)O[Si](C)(C)O[Si](C)(C)CC[P+](c1ccccc1)(c1ccccc1)c1ccccc1.O=S(=O)([N-]S(=O)(=O)C(F)(F)F)C(F)(F)F.O=S(=O)([N-]S(=O)(=O)C(F)(F)F)C(F)(F)F.[Br-].[H-].[Li+]. The zero-order valence-electron chi connectivity index (χ0n) is 61.6. The molecule has 0 aliphatic carbocycles. The van der Waals surface area contributed by atoms with Gasteiger partial charge in [0, 0.05) is 12.1 Å². The fourth-order valence-corrected chi connectivity index (χ4v) is 55.4. The molecule has 0 aliphatic rings. The Morgan fingerprint density at radius 3 is 0.615 bits per heavy atom. The van der Waals surface area contributed by atoms with Gasteiger partial charge in [0.15, 0.2) is 73.4 Å². The summed E-state index contributed by atoms with van der Waals surface area (Å²) in [7, 11) is -42.4. The Labute approximate surface area is 638 Å². The van der Waals surface area contributed by atoms with Crippen LogP contribution in [0.1, 0.15) is 41.0 Å². The van der Waals surface area contributed by atoms with Crippen LogP contribution >= 0.6 is 14.5 Å². The maximum atomic E-state index is 11.4. The van der Waals surface area contributed by atoms with Crippen LogP contribution < -0.4 is 67.7 Å². The number of nitrogens with zero attached hydrogens (tertiary/aromatic N) is 2. The molecule has 6 rings (SSSR count). The van der Waals surface area contributed by atoms with E-state index in [0.29, 0.717) is 0 Å². The molecular weight excluding hydrogens is 1660 g/mol. The van der Waals surface area contributed by atoms with Gasteiger partial charge in [0.05, 0.1) is 12.3 Å². The first-order valence-corrected chi connectivity index (χ1v) is 59.9. The second-order valence-corrected chi connectivity index (χ2v) is 65.9. The summed E-state index contributed by atoms with van der Waals surface area (Å²) in [6.45, 7) is 32.7. The summed E-state index contributed by atoms with van der Waals surface area (Å²) >= 11 is 0. The van der Waals surface area contributed by atoms with Crippen LogP contribution in [0.4, 0.5) is 52.7 Å². The number of sulfonamides is 4. The van der Waals surface area contributed by atoms with E-state index in [1.807, 2.05) is 0 Å². The number of unbranched alkanes of at least 4 members (excludes halogenated alkanes) is 2. The summed E-state index contributed by atoms with van der Waals surface area (Å²) in [6.07, 6.45) is 7.20. The standard InChI is InChI=1S/2C30H46O2PSi3.2C2F6NO4S2.BrH.Li.H/c2*1-8-9-26-34(2,3)31-36(6,7)32-35(4,5)27-25-33(28-19-13-10-14-20-28,29-21-15-11-16-22-29)30-23-17-12-18-24-30;2*3-1(4,5)14(10,11)9-15(12,13)2(6,7)8;;;/h2*10-24H,8-9,25-27H2,1-7H3;;;1H;;/q2*+1;2*-1;;+1;-1/p-1. The average Bonchev–Trinajstić information content (AvgIpc) is 0.762. The van der Waals surface area contributed by atoms with Gasteiger partial charge < -0.3 is 43.1 Å². The Balaban J connectivity index is 0.00000147. The maximum Gasteiger partial charge on any atom is 1.00 e. The molecule has 6 aromatic rings. The molecular formula is C64H93BrF12LiN2O12P2S4Si6-. The third kappa shape index (κ3) is 30.5. The molecule has 0 saturated carbocycles. The van der Waals surface area contributed by atoms with Crippen LogP contribution in [0.2, 0.25) is 103 Å². The molecule has 0 spiro atoms. The summed E-state index contributed by atoms with van der Waals surface area (Å²) in [4.78, 5) is 0. The summed E-state index contributed by atoms with van der Waals surface area (Å²) < 4.78 is 246. The predicted molar refractivity (Wildman–Crippen MR) is 406 cm³/mol. The minimum absolute atomic E-state index is 0. The largest absolute Gasteiger partial charge is 1.00 e. The molecule has 0 radical (unpaired) electrons. The molecule has 0 fully saturated rings. The van der Waals surface area contributed by atoms with Crippen LogP contribution in [0, 0.1) is 0 Å². The summed E-state index contributed by atoms with van der Waals surface area (Å²) in [5.74, 6) is 0. The van der Waals surface area contributed by atoms with Crippen molar-refractivity contribution in [2.24, 2.45) is 0 Å². The molecule has 582 valence electrons. The summed E-state index contributed by atoms with van der Waals surface area (Å²) in [5.41, 5.74) is -24.8. The normalized spacial score (nSPS) is 13.5. The quantitative estimate of drug-likeness (QED) is 0.0235. The molecule has 104 heavy (non-hydrogen) atoms. The van der Waals surface area contributed by atoms with Gasteiger partial charge in [-0.05, 0) is 163 Å². The van der Waals surface area contributed by atoms with Gasteiger partial charge in [-0.15, -0.1) is 0 Å². The van der Waals surface area contributed by atoms with Gasteiger partial charge in [0.1, 0.15) is 46.4 Å². The molecule has 0 amide bonds. The van der Waals surface area contributed by atoms with Crippen molar-refractivity contribution in [2.75, 3.05) is 12.3 Å². The Hall–Kier alpha value is -2.72. The molecule has 6 aromatic carbocycles. The van der Waals surface area contributed by atoms with Crippen LogP contribution in [0.3, 0.4) is 0 Å². The number of halogens is 13. The Kier molecular flexibility index (Phi) is 38.1. The summed E-state index contributed by atoms with van der Waals surface area (Å²) in [6, 6.07) is 71.9. The van der Waals surface area contributed by atoms with Crippen LogP contribution in [0.15, 0.2) is 182 Å². The minimum atomic E-state index is -6.72. The third-order valence-corrected chi connectivity index (χ3v) is 53.1. The van der Waals surface area contributed by atoms with Crippen molar-refractivity contribution < 1.29 is 140 Å². The fourth-order valence-electron chi connectivity index (χ4n) is 11.2. The van der Waals surface area contributed by atoms with Crippen molar-refractivity contribution in [2.45, 2.75) is 164 Å². The number of hydrogen-bond donors (Lipinski definition) is 0. The van der Waals surface area contributed by atoms with E-state index in [1.54, 1.807) is 0 Å². The van der Waals surface area contributed by atoms with E-state index in [2.05, 4.69) is 274 Å². The van der Waals surface area contributed by atoms with Crippen LogP contribution in [0.25, 0.3) is 8.25 Å². The van der Waals surface area contributed by atoms with Crippen LogP contribution in [0.5, 0.6) is 0 Å². The maximum absolute atomic E-state index is 11.4. The smallest absolute Gasteiger partial charge is 1.00 e. The number of hydrogen-bond acceptors (Lipinski definition) is 12. The topological polar surface area (TPSA) is 202 Å². The fraction of sp³-hybridized carbons (Fsp3) is 0.438. The third-order valence-electron chi connectivity index (χ3n) is 15.2. The van der Waals surface area contributed by atoms with Crippen molar-refractivity contribution in [3.8, 4) is 0 Å². The number of rotatable bonds is 30. The van der Waals surface area contributed by atoms with Crippen LogP contribution in [-0.2, 0) is 56.6 Å². The zero-order valence-corrected chi connectivity index (χ0v) is 73.3. The first kappa shape index (κ1) is 99.3. The van der Waals surface area contributed by atoms with Crippen molar-refractivity contribution in [3.63, 3.8) is 0 Å². The van der Waals surface area contributed by atoms with E-state index in [4.69, 9.17) is 16.5 Å². The van der Waals surface area contributed by atoms with E-state index in [-0.39, 0.29) is 37.3 Å². The first-order valence-electron chi connectivity index (χ1n) is 32.0. The van der Waals surface area contributed by atoms with Gasteiger partial charge in [0.2, 0.25) is 0 Å². The monoisotopic (exact) mass is 1750 g/mol. The van der Waals surface area contributed by atoms with Crippen LogP contribution in [-0.4, -0.2) is 118 Å². The van der Waals surface area contributed by atoms with Gasteiger partial charge >= 0.3 is 58.0 Å². The van der Waals surface area contributed by atoms with Gasteiger partial charge in [-0.3, -0.25) is 0 Å². The Morgan fingerprint density at radius 2 is 0.471 bits per heavy atom. The van der Waals surface area contributed by atoms with Crippen molar-refractivity contribution in [3.05, 3.63) is 190 Å². The van der Waals surface area contributed by atoms with Gasteiger partial charge in [-0.25, -0.2) is 33.7 Å². The Morgan fingerprint density at radius 1 is 0.317 bits per heavy atom. The van der Waals surface area contributed by atoms with E-state index in [0.717, 1.165) is 32.7 Å². The van der Waals surface area contributed by atoms with Gasteiger partial charge in [0.25, 0.3) is 0 Å². The van der Waals surface area contributed by atoms with Crippen molar-refractivity contribution >= 4 is 137 Å². The number of alkyl halides is 12. The molecule has 0 heterocycles. The van der Waals surface area contributed by atoms with Crippen molar-refractivity contribution in [1.82, 2.24) is 0 Å². The molecule has 0 unspecified atom stereocenters. The Bertz CT molecular complexity index is 3510. The molecule has 0 bridgehead atoms. The van der Waals surface area contributed by atoms with Gasteiger partial charge in [-0.1, -0.05) is 149 Å². The average molecular weight is 1760 g/mol. The summed E-state index contributed by atoms with van der Waals surface area (Å²) in [5, 5.41) is 8.71. The van der Waals surface area contributed by atoms with E-state index >= 15 is 0 Å². The molecule has 40 heteroatoms. The predicted octanol–water partition coefficient (Wildman–Crippen LogP) is 12.1. The molecule has 0 aliphatic heterocycles. The molecule has 0 atom stereocenters. The molecule has 0 saturated heterocycles. The molecule has 0 aromatic heterocycles. The van der Waals surface area contributed by atoms with E-state index in [9.17, 15) is 86.4 Å². The second kappa shape index (κ2) is 40.0.